The number of hydrogen-bond acceptors (Lipinski definition) is 2. The molecule has 0 aromatic heterocycles. The van der Waals surface area contributed by atoms with Gasteiger partial charge in [-0.3, -0.25) is 0 Å². The van der Waals surface area contributed by atoms with E-state index in [1.54, 1.807) is 0 Å². The van der Waals surface area contributed by atoms with Crippen LogP contribution in [0.2, 0.25) is 0 Å². The van der Waals surface area contributed by atoms with Crippen molar-refractivity contribution < 1.29 is 19.4 Å². The highest BCUT2D eigenvalue weighted by Crippen LogP contribution is 2.21. The van der Waals surface area contributed by atoms with Gasteiger partial charge in [0.2, 0.25) is 0 Å². The first kappa shape index (κ1) is 10.1. The van der Waals surface area contributed by atoms with Gasteiger partial charge in [-0.05, 0) is 28.1 Å². The molecule has 0 heterocycles. The molecule has 0 radical (unpaired) electrons. The lowest BCUT2D eigenvalue weighted by Crippen LogP contribution is -2.01. The van der Waals surface area contributed by atoms with Gasteiger partial charge in [-0.15, -0.1) is 0 Å². The van der Waals surface area contributed by atoms with Crippen LogP contribution in [-0.2, 0) is 6.61 Å². The Morgan fingerprint density at radius 1 is 1.54 bits per heavy atom. The summed E-state index contributed by atoms with van der Waals surface area (Å²) in [7, 11) is 0. The highest BCUT2D eigenvalue weighted by Gasteiger charge is 2.12. The molecule has 0 saturated heterocycles. The van der Waals surface area contributed by atoms with Crippen LogP contribution in [0.15, 0.2) is 16.6 Å². The number of aromatic carboxylic acids is 1. The number of halogens is 2. The van der Waals surface area contributed by atoms with Crippen LogP contribution in [0.4, 0.5) is 4.39 Å². The van der Waals surface area contributed by atoms with Crippen LogP contribution in [0.3, 0.4) is 0 Å². The largest absolute Gasteiger partial charge is 0.478 e. The summed E-state index contributed by atoms with van der Waals surface area (Å²) in [4.78, 5) is 10.6. The summed E-state index contributed by atoms with van der Waals surface area (Å²) in [6.45, 7) is -0.514. The fourth-order valence-corrected chi connectivity index (χ4v) is 1.36. The Hall–Kier alpha value is -0.940. The van der Waals surface area contributed by atoms with Gasteiger partial charge in [0.25, 0.3) is 0 Å². The molecule has 2 N–H and O–H groups in total. The fourth-order valence-electron chi connectivity index (χ4n) is 0.879. The average Bonchev–Trinajstić information content (AvgIpc) is 2.03. The molecule has 0 aliphatic heterocycles. The summed E-state index contributed by atoms with van der Waals surface area (Å²) >= 11 is 2.91. The summed E-state index contributed by atoms with van der Waals surface area (Å²) in [6.07, 6.45) is 0. The Bertz CT molecular complexity index is 351. The molecular weight excluding hydrogens is 243 g/mol. The molecule has 0 unspecified atom stereocenters. The molecule has 1 aromatic rings. The van der Waals surface area contributed by atoms with E-state index in [-0.39, 0.29) is 15.6 Å². The number of hydrogen-bond donors (Lipinski definition) is 2. The molecule has 0 fully saturated rings. The predicted octanol–water partition coefficient (Wildman–Crippen LogP) is 1.78. The van der Waals surface area contributed by atoms with Crippen molar-refractivity contribution in [2.75, 3.05) is 0 Å². The topological polar surface area (TPSA) is 57.5 Å². The molecule has 70 valence electrons. The van der Waals surface area contributed by atoms with Gasteiger partial charge in [0.15, 0.2) is 0 Å². The van der Waals surface area contributed by atoms with Crippen LogP contribution in [0.25, 0.3) is 0 Å². The van der Waals surface area contributed by atoms with E-state index < -0.39 is 18.4 Å². The minimum atomic E-state index is -1.17. The van der Waals surface area contributed by atoms with E-state index in [1.807, 2.05) is 0 Å². The zero-order valence-corrected chi connectivity index (χ0v) is 8.01. The third-order valence-electron chi connectivity index (χ3n) is 1.54. The lowest BCUT2D eigenvalue weighted by molar-refractivity contribution is 0.0695. The molecule has 1 rings (SSSR count). The van der Waals surface area contributed by atoms with Crippen molar-refractivity contribution in [1.29, 1.82) is 0 Å². The highest BCUT2D eigenvalue weighted by atomic mass is 79.9. The predicted molar refractivity (Wildman–Crippen MR) is 47.0 cm³/mol. The van der Waals surface area contributed by atoms with Crippen molar-refractivity contribution in [3.05, 3.63) is 33.5 Å². The van der Waals surface area contributed by atoms with Crippen LogP contribution in [0.1, 0.15) is 15.9 Å². The van der Waals surface area contributed by atoms with Gasteiger partial charge in [0, 0.05) is 10.0 Å². The molecule has 0 atom stereocenters. The van der Waals surface area contributed by atoms with E-state index in [2.05, 4.69) is 15.9 Å². The zero-order chi connectivity index (χ0) is 10.0. The molecule has 3 nitrogen and oxygen atoms in total. The second kappa shape index (κ2) is 3.85. The van der Waals surface area contributed by atoms with Crippen molar-refractivity contribution >= 4 is 21.9 Å². The zero-order valence-electron chi connectivity index (χ0n) is 6.42. The van der Waals surface area contributed by atoms with Crippen molar-refractivity contribution in [3.63, 3.8) is 0 Å². The SMILES string of the molecule is O=C(O)c1cc(CO)c(F)cc1Br. The molecule has 1 aromatic carbocycles. The van der Waals surface area contributed by atoms with E-state index in [0.717, 1.165) is 12.1 Å². The van der Waals surface area contributed by atoms with Gasteiger partial charge in [0.1, 0.15) is 5.82 Å². The Balaban J connectivity index is 3.30. The number of aliphatic hydroxyl groups is 1. The Labute approximate surface area is 81.9 Å². The molecule has 0 amide bonds. The van der Waals surface area contributed by atoms with Crippen LogP contribution in [-0.4, -0.2) is 16.2 Å². The third kappa shape index (κ3) is 2.05. The first-order chi connectivity index (χ1) is 6.06. The minimum Gasteiger partial charge on any atom is -0.478 e. The number of carboxylic acid groups (broad SMARTS) is 1. The smallest absolute Gasteiger partial charge is 0.336 e. The van der Waals surface area contributed by atoms with E-state index in [1.165, 1.54) is 0 Å². The molecule has 13 heavy (non-hydrogen) atoms. The van der Waals surface area contributed by atoms with Crippen LogP contribution in [0, 0.1) is 5.82 Å². The van der Waals surface area contributed by atoms with Gasteiger partial charge >= 0.3 is 5.97 Å². The molecule has 0 saturated carbocycles. The Morgan fingerprint density at radius 2 is 2.15 bits per heavy atom. The normalized spacial score (nSPS) is 10.1. The Morgan fingerprint density at radius 3 is 2.62 bits per heavy atom. The van der Waals surface area contributed by atoms with Crippen LogP contribution >= 0.6 is 15.9 Å². The first-order valence-electron chi connectivity index (χ1n) is 3.38. The lowest BCUT2D eigenvalue weighted by Gasteiger charge is -2.03. The number of benzene rings is 1. The van der Waals surface area contributed by atoms with Gasteiger partial charge in [-0.2, -0.15) is 0 Å². The van der Waals surface area contributed by atoms with Gasteiger partial charge < -0.3 is 10.2 Å². The molecule has 0 aliphatic rings. The van der Waals surface area contributed by atoms with Crippen molar-refractivity contribution in [1.82, 2.24) is 0 Å². The first-order valence-corrected chi connectivity index (χ1v) is 4.17. The summed E-state index contributed by atoms with van der Waals surface area (Å²) in [6, 6.07) is 2.12. The van der Waals surface area contributed by atoms with E-state index in [9.17, 15) is 9.18 Å². The highest BCUT2D eigenvalue weighted by molar-refractivity contribution is 9.10. The van der Waals surface area contributed by atoms with Crippen LogP contribution in [0.5, 0.6) is 0 Å². The number of aliphatic hydroxyl groups excluding tert-OH is 1. The monoisotopic (exact) mass is 248 g/mol. The van der Waals surface area contributed by atoms with E-state index in [4.69, 9.17) is 10.2 Å². The van der Waals surface area contributed by atoms with Crippen molar-refractivity contribution in [3.8, 4) is 0 Å². The quantitative estimate of drug-likeness (QED) is 0.839. The van der Waals surface area contributed by atoms with Gasteiger partial charge in [-0.1, -0.05) is 0 Å². The molecule has 0 aliphatic carbocycles. The van der Waals surface area contributed by atoms with Gasteiger partial charge in [0.05, 0.1) is 12.2 Å². The van der Waals surface area contributed by atoms with Crippen molar-refractivity contribution in [2.24, 2.45) is 0 Å². The maximum Gasteiger partial charge on any atom is 0.336 e. The van der Waals surface area contributed by atoms with E-state index in [0.29, 0.717) is 0 Å². The van der Waals surface area contributed by atoms with Crippen molar-refractivity contribution in [2.45, 2.75) is 6.61 Å². The average molecular weight is 249 g/mol. The molecule has 0 spiro atoms. The number of carboxylic acids is 1. The number of rotatable bonds is 2. The van der Waals surface area contributed by atoms with Crippen LogP contribution < -0.4 is 0 Å². The summed E-state index contributed by atoms with van der Waals surface area (Å²) < 4.78 is 13.1. The number of carbonyl (C=O) groups is 1. The standard InChI is InChI=1S/C8H6BrFO3/c9-6-2-7(10)4(3-11)1-5(6)8(12)13/h1-2,11H,3H2,(H,12,13). The van der Waals surface area contributed by atoms with E-state index >= 15 is 0 Å². The Kier molecular flexibility index (Phi) is 3.00. The summed E-state index contributed by atoms with van der Waals surface area (Å²) in [5.41, 5.74) is -0.0916. The fraction of sp³-hybridized carbons (Fsp3) is 0.125. The molecule has 5 heteroatoms. The second-order valence-corrected chi connectivity index (χ2v) is 3.24. The van der Waals surface area contributed by atoms with Gasteiger partial charge in [-0.25, -0.2) is 9.18 Å². The third-order valence-corrected chi connectivity index (χ3v) is 2.19. The summed E-state index contributed by atoms with van der Waals surface area (Å²) in [5, 5.41) is 17.3. The maximum atomic E-state index is 12.9. The minimum absolute atomic E-state index is 0.0272. The maximum absolute atomic E-state index is 12.9. The molecular formula is C8H6BrFO3. The lowest BCUT2D eigenvalue weighted by atomic mass is 10.1. The second-order valence-electron chi connectivity index (χ2n) is 2.39. The summed E-state index contributed by atoms with van der Waals surface area (Å²) in [5.74, 6) is -1.79. The molecule has 0 bridgehead atoms.